The van der Waals surface area contributed by atoms with Gasteiger partial charge in [-0.05, 0) is 6.42 Å². The van der Waals surface area contributed by atoms with Crippen molar-refractivity contribution in [2.75, 3.05) is 0 Å². The van der Waals surface area contributed by atoms with Crippen LogP contribution < -0.4 is 0 Å². The highest BCUT2D eigenvalue weighted by molar-refractivity contribution is 4.90. The molecule has 0 atom stereocenters. The van der Waals surface area contributed by atoms with E-state index >= 15 is 0 Å². The molecule has 0 spiro atoms. The molecule has 0 N–H and O–H groups in total. The van der Waals surface area contributed by atoms with Crippen LogP contribution in [0.4, 0.5) is 4.39 Å². The maximum Gasteiger partial charge on any atom is 0.183 e. The predicted octanol–water partition coefficient (Wildman–Crippen LogP) is 0.767. The van der Waals surface area contributed by atoms with Gasteiger partial charge >= 0.3 is 0 Å². The summed E-state index contributed by atoms with van der Waals surface area (Å²) in [4.78, 5) is 0. The normalized spacial score (nSPS) is 10.0. The monoisotopic (exact) mass is 129 g/mol. The van der Waals surface area contributed by atoms with E-state index in [1.54, 1.807) is 6.20 Å². The van der Waals surface area contributed by atoms with Gasteiger partial charge in [-0.15, -0.1) is 5.10 Å². The van der Waals surface area contributed by atoms with Crippen molar-refractivity contribution in [3.05, 3.63) is 11.9 Å². The maximum atomic E-state index is 11.7. The fourth-order valence-electron chi connectivity index (χ4n) is 0.559. The Hall–Kier alpha value is -0.930. The SMILES string of the molecule is CCc1cn(CF)nn1. The Morgan fingerprint density at radius 3 is 2.89 bits per heavy atom. The molecule has 0 saturated heterocycles. The van der Waals surface area contributed by atoms with Crippen molar-refractivity contribution < 1.29 is 4.39 Å². The molecule has 1 rings (SSSR count). The van der Waals surface area contributed by atoms with Crippen molar-refractivity contribution in [1.82, 2.24) is 15.0 Å². The third-order valence-corrected chi connectivity index (χ3v) is 1.07. The molecule has 0 amide bonds. The lowest BCUT2D eigenvalue weighted by Gasteiger charge is -1.83. The summed E-state index contributed by atoms with van der Waals surface area (Å²) in [6.45, 7) is 1.36. The van der Waals surface area contributed by atoms with Crippen molar-refractivity contribution in [3.8, 4) is 0 Å². The molecule has 0 aliphatic carbocycles. The first-order valence-corrected chi connectivity index (χ1v) is 2.81. The lowest BCUT2D eigenvalue weighted by Crippen LogP contribution is -1.91. The molecular formula is C5H8FN3. The second kappa shape index (κ2) is 2.57. The zero-order valence-corrected chi connectivity index (χ0v) is 5.21. The van der Waals surface area contributed by atoms with Gasteiger partial charge in [0.1, 0.15) is 0 Å². The molecule has 0 unspecified atom stereocenters. The number of halogens is 1. The molecule has 0 aliphatic rings. The first kappa shape index (κ1) is 6.19. The lowest BCUT2D eigenvalue weighted by atomic mass is 10.4. The molecule has 0 radical (unpaired) electrons. The number of aromatic nitrogens is 3. The minimum atomic E-state index is -0.590. The molecule has 0 aliphatic heterocycles. The zero-order valence-electron chi connectivity index (χ0n) is 5.21. The molecule has 50 valence electrons. The Morgan fingerprint density at radius 2 is 2.56 bits per heavy atom. The van der Waals surface area contributed by atoms with E-state index in [0.717, 1.165) is 12.1 Å². The zero-order chi connectivity index (χ0) is 6.69. The third kappa shape index (κ3) is 1.25. The number of hydrogen-bond acceptors (Lipinski definition) is 2. The lowest BCUT2D eigenvalue weighted by molar-refractivity contribution is 0.343. The quantitative estimate of drug-likeness (QED) is 0.590. The van der Waals surface area contributed by atoms with E-state index in [1.165, 1.54) is 4.68 Å². The highest BCUT2D eigenvalue weighted by Gasteiger charge is 1.94. The molecule has 1 aromatic rings. The van der Waals surface area contributed by atoms with Crippen LogP contribution in [0, 0.1) is 0 Å². The van der Waals surface area contributed by atoms with E-state index < -0.39 is 6.80 Å². The fourth-order valence-corrected chi connectivity index (χ4v) is 0.559. The number of nitrogens with zero attached hydrogens (tertiary/aromatic N) is 3. The Balaban J connectivity index is 2.74. The Bertz CT molecular complexity index is 166. The summed E-state index contributed by atoms with van der Waals surface area (Å²) in [5.74, 6) is 0. The van der Waals surface area contributed by atoms with Crippen LogP contribution in [0.2, 0.25) is 0 Å². The molecule has 1 heterocycles. The molecule has 9 heavy (non-hydrogen) atoms. The van der Waals surface area contributed by atoms with Gasteiger partial charge < -0.3 is 0 Å². The van der Waals surface area contributed by atoms with E-state index in [2.05, 4.69) is 10.3 Å². The summed E-state index contributed by atoms with van der Waals surface area (Å²) in [6, 6.07) is 0. The van der Waals surface area contributed by atoms with E-state index in [4.69, 9.17) is 0 Å². The summed E-state index contributed by atoms with van der Waals surface area (Å²) in [6.07, 6.45) is 2.40. The van der Waals surface area contributed by atoms with Gasteiger partial charge in [0.15, 0.2) is 6.80 Å². The number of aryl methyl sites for hydroxylation is 1. The number of hydrogen-bond donors (Lipinski definition) is 0. The van der Waals surface area contributed by atoms with Crippen LogP contribution in [0.1, 0.15) is 12.6 Å². The molecule has 0 saturated carbocycles. The van der Waals surface area contributed by atoms with Crippen LogP contribution in [-0.2, 0) is 13.2 Å². The second-order valence-corrected chi connectivity index (χ2v) is 1.72. The summed E-state index contributed by atoms with van der Waals surface area (Å²) in [5.41, 5.74) is 0.827. The van der Waals surface area contributed by atoms with E-state index in [0.29, 0.717) is 0 Å². The van der Waals surface area contributed by atoms with Crippen molar-refractivity contribution in [2.45, 2.75) is 20.1 Å². The molecule has 4 heteroatoms. The van der Waals surface area contributed by atoms with E-state index in [9.17, 15) is 4.39 Å². The van der Waals surface area contributed by atoms with Gasteiger partial charge in [-0.2, -0.15) is 0 Å². The largest absolute Gasteiger partial charge is 0.225 e. The van der Waals surface area contributed by atoms with Crippen LogP contribution in [-0.4, -0.2) is 15.0 Å². The molecule has 0 bridgehead atoms. The van der Waals surface area contributed by atoms with Crippen LogP contribution in [0.15, 0.2) is 6.20 Å². The fraction of sp³-hybridized carbons (Fsp3) is 0.600. The highest BCUT2D eigenvalue weighted by atomic mass is 19.1. The Kier molecular flexibility index (Phi) is 1.77. The van der Waals surface area contributed by atoms with Gasteiger partial charge in [0.05, 0.1) is 11.9 Å². The summed E-state index contributed by atoms with van der Waals surface area (Å²) < 4.78 is 12.9. The second-order valence-electron chi connectivity index (χ2n) is 1.72. The predicted molar refractivity (Wildman–Crippen MR) is 30.5 cm³/mol. The van der Waals surface area contributed by atoms with Crippen molar-refractivity contribution >= 4 is 0 Å². The minimum absolute atomic E-state index is 0.590. The summed E-state index contributed by atoms with van der Waals surface area (Å²) >= 11 is 0. The Labute approximate surface area is 52.5 Å². The molecule has 1 aromatic heterocycles. The third-order valence-electron chi connectivity index (χ3n) is 1.07. The molecule has 0 aromatic carbocycles. The first-order chi connectivity index (χ1) is 4.36. The average Bonchev–Trinajstić information content (AvgIpc) is 2.34. The minimum Gasteiger partial charge on any atom is -0.225 e. The average molecular weight is 129 g/mol. The van der Waals surface area contributed by atoms with Crippen LogP contribution in [0.3, 0.4) is 0 Å². The van der Waals surface area contributed by atoms with Gasteiger partial charge in [-0.3, -0.25) is 0 Å². The first-order valence-electron chi connectivity index (χ1n) is 2.81. The smallest absolute Gasteiger partial charge is 0.183 e. The molecule has 0 fully saturated rings. The van der Waals surface area contributed by atoms with Gasteiger partial charge in [0, 0.05) is 0 Å². The van der Waals surface area contributed by atoms with Crippen LogP contribution in [0.5, 0.6) is 0 Å². The van der Waals surface area contributed by atoms with Crippen molar-refractivity contribution in [3.63, 3.8) is 0 Å². The van der Waals surface area contributed by atoms with Crippen LogP contribution in [0.25, 0.3) is 0 Å². The Morgan fingerprint density at radius 1 is 1.78 bits per heavy atom. The summed E-state index contributed by atoms with van der Waals surface area (Å²) in [7, 11) is 0. The van der Waals surface area contributed by atoms with Crippen molar-refractivity contribution in [2.24, 2.45) is 0 Å². The van der Waals surface area contributed by atoms with Gasteiger partial charge in [-0.25, -0.2) is 9.07 Å². The van der Waals surface area contributed by atoms with Gasteiger partial charge in [0.25, 0.3) is 0 Å². The number of rotatable bonds is 2. The van der Waals surface area contributed by atoms with Crippen LogP contribution >= 0.6 is 0 Å². The standard InChI is InChI=1S/C5H8FN3/c1-2-5-3-9(4-6)8-7-5/h3H,2,4H2,1H3. The molecule has 3 nitrogen and oxygen atoms in total. The van der Waals surface area contributed by atoms with E-state index in [-0.39, 0.29) is 0 Å². The number of alkyl halides is 1. The van der Waals surface area contributed by atoms with E-state index in [1.807, 2.05) is 6.92 Å². The summed E-state index contributed by atoms with van der Waals surface area (Å²) in [5, 5.41) is 7.18. The molecular weight excluding hydrogens is 121 g/mol. The maximum absolute atomic E-state index is 11.7. The van der Waals surface area contributed by atoms with Gasteiger partial charge in [0.2, 0.25) is 0 Å². The highest BCUT2D eigenvalue weighted by Crippen LogP contribution is 1.92. The van der Waals surface area contributed by atoms with Crippen molar-refractivity contribution in [1.29, 1.82) is 0 Å². The van der Waals surface area contributed by atoms with Gasteiger partial charge in [-0.1, -0.05) is 12.1 Å². The topological polar surface area (TPSA) is 30.7 Å².